The van der Waals surface area contributed by atoms with Gasteiger partial charge in [0.2, 0.25) is 17.7 Å². The number of thiol groups is 1. The summed E-state index contributed by atoms with van der Waals surface area (Å²) in [5.74, 6) is -3.51. The topological polar surface area (TPSA) is 305 Å². The lowest BCUT2D eigenvalue weighted by Gasteiger charge is -2.24. The molecule has 4 atom stereocenters. The maximum atomic E-state index is 13.0. The number of hydrogen-bond donors (Lipinski definition) is 11. The summed E-state index contributed by atoms with van der Waals surface area (Å²) in [7, 11) is 0. The van der Waals surface area contributed by atoms with Crippen LogP contribution in [0.5, 0.6) is 0 Å². The molecule has 0 saturated carbocycles. The summed E-state index contributed by atoms with van der Waals surface area (Å²) in [6, 6.07) is -4.29. The number of amides is 3. The highest BCUT2D eigenvalue weighted by Gasteiger charge is 2.29. The Morgan fingerprint density at radius 2 is 1.18 bits per heavy atom. The SMILES string of the molecule is NCCCC[C@H](NC(=O)[C@H](N)CCCN=C(N)N)C(=O)N[C@H](CS)C(=O)N[C@@H](CCCN=C(N)N)C(=O)O. The molecule has 0 aromatic carbocycles. The Labute approximate surface area is 227 Å². The van der Waals surface area contributed by atoms with Gasteiger partial charge in [0.25, 0.3) is 0 Å². The molecule has 0 aliphatic heterocycles. The van der Waals surface area contributed by atoms with E-state index in [1.807, 2.05) is 0 Å². The molecular weight excluding hydrogens is 518 g/mol. The normalized spacial score (nSPS) is 13.8. The van der Waals surface area contributed by atoms with E-state index < -0.39 is 47.9 Å². The first-order valence-electron chi connectivity index (χ1n) is 12.2. The molecule has 0 saturated heterocycles. The second-order valence-electron chi connectivity index (χ2n) is 8.49. The van der Waals surface area contributed by atoms with Crippen LogP contribution in [0.25, 0.3) is 0 Å². The molecule has 0 unspecified atom stereocenters. The predicted molar refractivity (Wildman–Crippen MR) is 148 cm³/mol. The number of carbonyl (C=O) groups is 4. The third-order valence-electron chi connectivity index (χ3n) is 5.26. The van der Waals surface area contributed by atoms with Crippen LogP contribution in [0.1, 0.15) is 44.9 Å². The van der Waals surface area contributed by atoms with Gasteiger partial charge < -0.3 is 55.5 Å². The Morgan fingerprint density at radius 3 is 1.68 bits per heavy atom. The maximum Gasteiger partial charge on any atom is 0.326 e. The highest BCUT2D eigenvalue weighted by Crippen LogP contribution is 2.05. The van der Waals surface area contributed by atoms with Crippen molar-refractivity contribution < 1.29 is 24.3 Å². The first-order valence-corrected chi connectivity index (χ1v) is 12.9. The van der Waals surface area contributed by atoms with E-state index in [4.69, 9.17) is 34.4 Å². The molecule has 0 radical (unpaired) electrons. The van der Waals surface area contributed by atoms with E-state index in [-0.39, 0.29) is 43.5 Å². The highest BCUT2D eigenvalue weighted by molar-refractivity contribution is 7.80. The highest BCUT2D eigenvalue weighted by atomic mass is 32.1. The summed E-state index contributed by atoms with van der Waals surface area (Å²) in [4.78, 5) is 57.4. The molecule has 0 aliphatic rings. The van der Waals surface area contributed by atoms with Gasteiger partial charge in [0.05, 0.1) is 6.04 Å². The van der Waals surface area contributed by atoms with Crippen LogP contribution in [-0.4, -0.2) is 90.3 Å². The fraction of sp³-hybridized carbons (Fsp3) is 0.714. The number of guanidine groups is 2. The van der Waals surface area contributed by atoms with Gasteiger partial charge in [-0.25, -0.2) is 4.79 Å². The smallest absolute Gasteiger partial charge is 0.326 e. The number of carboxylic acid groups (broad SMARTS) is 1. The Balaban J connectivity index is 5.18. The van der Waals surface area contributed by atoms with E-state index in [2.05, 4.69) is 38.6 Å². The van der Waals surface area contributed by atoms with Gasteiger partial charge in [-0.1, -0.05) is 0 Å². The molecule has 0 fully saturated rings. The summed E-state index contributed by atoms with van der Waals surface area (Å²) in [5.41, 5.74) is 32.5. The van der Waals surface area contributed by atoms with E-state index in [1.54, 1.807) is 0 Å². The lowest BCUT2D eigenvalue weighted by Crippen LogP contribution is -2.57. The molecule has 218 valence electrons. The zero-order valence-corrected chi connectivity index (χ0v) is 22.4. The molecule has 38 heavy (non-hydrogen) atoms. The average Bonchev–Trinajstić information content (AvgIpc) is 2.85. The predicted octanol–water partition coefficient (Wildman–Crippen LogP) is -3.98. The van der Waals surface area contributed by atoms with Crippen LogP contribution in [-0.2, 0) is 19.2 Å². The first-order chi connectivity index (χ1) is 17.9. The second-order valence-corrected chi connectivity index (χ2v) is 8.86. The molecule has 0 spiro atoms. The Hall–Kier alpha value is -3.31. The van der Waals surface area contributed by atoms with E-state index in [0.717, 1.165) is 0 Å². The summed E-state index contributed by atoms with van der Waals surface area (Å²) >= 11 is 4.11. The van der Waals surface area contributed by atoms with E-state index in [9.17, 15) is 24.3 Å². The minimum Gasteiger partial charge on any atom is -0.480 e. The van der Waals surface area contributed by atoms with Gasteiger partial charge in [-0.05, 0) is 51.5 Å². The summed E-state index contributed by atoms with van der Waals surface area (Å²) in [6.07, 6.45) is 2.48. The Kier molecular flexibility index (Phi) is 18.0. The summed E-state index contributed by atoms with van der Waals surface area (Å²) in [6.45, 7) is 0.886. The molecule has 0 heterocycles. The van der Waals surface area contributed by atoms with Gasteiger partial charge in [0.15, 0.2) is 11.9 Å². The number of carbonyl (C=O) groups excluding carboxylic acids is 3. The quantitative estimate of drug-likeness (QED) is 0.0294. The summed E-state index contributed by atoms with van der Waals surface area (Å²) < 4.78 is 0. The average molecular weight is 562 g/mol. The summed E-state index contributed by atoms with van der Waals surface area (Å²) in [5, 5.41) is 17.0. The van der Waals surface area contributed by atoms with Crippen molar-refractivity contribution in [1.29, 1.82) is 0 Å². The number of nitrogens with one attached hydrogen (secondary N) is 3. The van der Waals surface area contributed by atoms with Crippen molar-refractivity contribution in [2.24, 2.45) is 44.4 Å². The van der Waals surface area contributed by atoms with E-state index in [0.29, 0.717) is 38.8 Å². The minimum atomic E-state index is -1.26. The molecule has 0 bridgehead atoms. The van der Waals surface area contributed by atoms with Crippen LogP contribution in [0, 0.1) is 0 Å². The number of hydrogen-bond acceptors (Lipinski definition) is 9. The maximum absolute atomic E-state index is 13.0. The fourth-order valence-electron chi connectivity index (χ4n) is 3.19. The van der Waals surface area contributed by atoms with Crippen LogP contribution in [0.3, 0.4) is 0 Å². The first kappa shape index (κ1) is 34.7. The largest absolute Gasteiger partial charge is 0.480 e. The molecule has 0 aromatic heterocycles. The van der Waals surface area contributed by atoms with Crippen LogP contribution >= 0.6 is 12.6 Å². The van der Waals surface area contributed by atoms with Crippen molar-refractivity contribution in [2.45, 2.75) is 69.1 Å². The molecular formula is C21H43N11O5S. The Morgan fingerprint density at radius 1 is 0.711 bits per heavy atom. The van der Waals surface area contributed by atoms with Gasteiger partial charge in [-0.15, -0.1) is 0 Å². The van der Waals surface area contributed by atoms with Crippen molar-refractivity contribution in [3.05, 3.63) is 0 Å². The number of unbranched alkanes of at least 4 members (excludes halogenated alkanes) is 1. The molecule has 0 aliphatic carbocycles. The number of nitrogens with two attached hydrogens (primary N) is 6. The van der Waals surface area contributed by atoms with Crippen molar-refractivity contribution in [3.63, 3.8) is 0 Å². The number of aliphatic imine (C=N–C) groups is 2. The zero-order valence-electron chi connectivity index (χ0n) is 21.5. The monoisotopic (exact) mass is 561 g/mol. The van der Waals surface area contributed by atoms with Gasteiger partial charge in [-0.2, -0.15) is 12.6 Å². The van der Waals surface area contributed by atoms with Crippen molar-refractivity contribution in [3.8, 4) is 0 Å². The number of rotatable bonds is 20. The van der Waals surface area contributed by atoms with Gasteiger partial charge in [0, 0.05) is 18.8 Å². The van der Waals surface area contributed by atoms with Crippen LogP contribution in [0.2, 0.25) is 0 Å². The molecule has 0 aromatic rings. The van der Waals surface area contributed by atoms with Gasteiger partial charge in [0.1, 0.15) is 18.1 Å². The van der Waals surface area contributed by atoms with Crippen LogP contribution < -0.4 is 50.4 Å². The lowest BCUT2D eigenvalue weighted by molar-refractivity contribution is -0.142. The lowest BCUT2D eigenvalue weighted by atomic mass is 10.1. The second kappa shape index (κ2) is 19.8. The van der Waals surface area contributed by atoms with Crippen LogP contribution in [0.15, 0.2) is 9.98 Å². The minimum absolute atomic E-state index is 0.0595. The molecule has 16 nitrogen and oxygen atoms in total. The zero-order chi connectivity index (χ0) is 29.1. The fourth-order valence-corrected chi connectivity index (χ4v) is 3.45. The van der Waals surface area contributed by atoms with Gasteiger partial charge >= 0.3 is 5.97 Å². The number of nitrogens with zero attached hydrogens (tertiary/aromatic N) is 2. The van der Waals surface area contributed by atoms with Crippen LogP contribution in [0.4, 0.5) is 0 Å². The molecule has 0 rings (SSSR count). The van der Waals surface area contributed by atoms with Crippen molar-refractivity contribution in [1.82, 2.24) is 16.0 Å². The number of aliphatic carboxylic acids is 1. The van der Waals surface area contributed by atoms with Crippen molar-refractivity contribution in [2.75, 3.05) is 25.4 Å². The third kappa shape index (κ3) is 15.7. The van der Waals surface area contributed by atoms with E-state index >= 15 is 0 Å². The standard InChI is InChI=1S/C21H43N11O5S/c22-8-2-1-6-13(30-16(33)12(23)5-3-9-28-20(24)25)17(34)32-15(11-38)18(35)31-14(19(36)37)7-4-10-29-21(26)27/h12-15,38H,1-11,22-23H2,(H,30,33)(H,31,35)(H,32,34)(H,36,37)(H4,24,25,28)(H4,26,27,29)/t12-,13+,14+,15-/m1/s1. The molecule has 3 amide bonds. The van der Waals surface area contributed by atoms with E-state index in [1.165, 1.54) is 0 Å². The number of carboxylic acids is 1. The van der Waals surface area contributed by atoms with Gasteiger partial charge in [-0.3, -0.25) is 24.4 Å². The molecule has 16 N–H and O–H groups in total. The molecule has 17 heteroatoms. The third-order valence-corrected chi connectivity index (χ3v) is 5.62. The van der Waals surface area contributed by atoms with Crippen molar-refractivity contribution >= 4 is 48.2 Å². The Bertz CT molecular complexity index is 819.